The quantitative estimate of drug-likeness (QED) is 0.807. The standard InChI is InChI=1S/C15H23N/c1-15(2,3)13-7-6-11-4-5-12(8-9-16)14(11)10-13/h6-7,10,12H,4-5,8-9,16H2,1-3H3. The van der Waals surface area contributed by atoms with Gasteiger partial charge in [-0.2, -0.15) is 0 Å². The molecule has 2 N–H and O–H groups in total. The highest BCUT2D eigenvalue weighted by Crippen LogP contribution is 2.37. The van der Waals surface area contributed by atoms with Crippen molar-refractivity contribution in [1.82, 2.24) is 0 Å². The van der Waals surface area contributed by atoms with Crippen LogP contribution in [0.3, 0.4) is 0 Å². The summed E-state index contributed by atoms with van der Waals surface area (Å²) in [7, 11) is 0. The predicted molar refractivity (Wildman–Crippen MR) is 69.9 cm³/mol. The van der Waals surface area contributed by atoms with Crippen molar-refractivity contribution in [2.75, 3.05) is 6.54 Å². The number of hydrogen-bond acceptors (Lipinski definition) is 1. The summed E-state index contributed by atoms with van der Waals surface area (Å²) in [6.07, 6.45) is 3.67. The van der Waals surface area contributed by atoms with Gasteiger partial charge in [-0.1, -0.05) is 39.0 Å². The van der Waals surface area contributed by atoms with Gasteiger partial charge in [0.05, 0.1) is 0 Å². The monoisotopic (exact) mass is 217 g/mol. The van der Waals surface area contributed by atoms with Crippen molar-refractivity contribution in [1.29, 1.82) is 0 Å². The third kappa shape index (κ3) is 2.15. The first-order chi connectivity index (χ1) is 7.52. The van der Waals surface area contributed by atoms with E-state index in [9.17, 15) is 0 Å². The first-order valence-corrected chi connectivity index (χ1v) is 6.36. The van der Waals surface area contributed by atoms with Crippen molar-refractivity contribution in [3.05, 3.63) is 34.9 Å². The second-order valence-electron chi connectivity index (χ2n) is 5.98. The van der Waals surface area contributed by atoms with Crippen LogP contribution in [0, 0.1) is 0 Å². The minimum Gasteiger partial charge on any atom is -0.330 e. The molecule has 0 spiro atoms. The molecule has 1 nitrogen and oxygen atoms in total. The average molecular weight is 217 g/mol. The zero-order chi connectivity index (χ0) is 11.8. The van der Waals surface area contributed by atoms with Gasteiger partial charge in [0.15, 0.2) is 0 Å². The summed E-state index contributed by atoms with van der Waals surface area (Å²) in [5.74, 6) is 0.710. The van der Waals surface area contributed by atoms with E-state index in [0.29, 0.717) is 5.92 Å². The Morgan fingerprint density at radius 3 is 2.69 bits per heavy atom. The SMILES string of the molecule is CC(C)(C)c1ccc2c(c1)C(CCN)CC2. The summed E-state index contributed by atoms with van der Waals surface area (Å²) in [5.41, 5.74) is 10.5. The van der Waals surface area contributed by atoms with Gasteiger partial charge in [0, 0.05) is 0 Å². The van der Waals surface area contributed by atoms with Gasteiger partial charge in [-0.15, -0.1) is 0 Å². The van der Waals surface area contributed by atoms with Crippen LogP contribution in [0.2, 0.25) is 0 Å². The molecule has 0 saturated carbocycles. The molecule has 16 heavy (non-hydrogen) atoms. The van der Waals surface area contributed by atoms with Crippen LogP contribution in [0.25, 0.3) is 0 Å². The first-order valence-electron chi connectivity index (χ1n) is 6.36. The minimum absolute atomic E-state index is 0.255. The number of fused-ring (bicyclic) bond motifs is 1. The molecule has 0 amide bonds. The molecule has 88 valence electrons. The topological polar surface area (TPSA) is 26.0 Å². The highest BCUT2D eigenvalue weighted by Gasteiger charge is 2.24. The molecule has 0 radical (unpaired) electrons. The Hall–Kier alpha value is -0.820. The molecule has 2 rings (SSSR count). The normalized spacial score (nSPS) is 19.9. The Morgan fingerprint density at radius 1 is 1.31 bits per heavy atom. The fourth-order valence-electron chi connectivity index (χ4n) is 2.66. The Balaban J connectivity index is 2.34. The van der Waals surface area contributed by atoms with Gasteiger partial charge in [0.1, 0.15) is 0 Å². The van der Waals surface area contributed by atoms with Gasteiger partial charge in [-0.25, -0.2) is 0 Å². The van der Waals surface area contributed by atoms with Crippen molar-refractivity contribution < 1.29 is 0 Å². The Labute approximate surface area is 99.0 Å². The molecule has 1 aromatic carbocycles. The lowest BCUT2D eigenvalue weighted by atomic mass is 9.84. The molecule has 0 fully saturated rings. The molecule has 1 atom stereocenters. The Kier molecular flexibility index (Phi) is 3.07. The van der Waals surface area contributed by atoms with Crippen molar-refractivity contribution in [2.45, 2.75) is 51.4 Å². The van der Waals surface area contributed by atoms with Gasteiger partial charge in [0.2, 0.25) is 0 Å². The largest absolute Gasteiger partial charge is 0.330 e. The predicted octanol–water partition coefficient (Wildman–Crippen LogP) is 3.36. The maximum atomic E-state index is 5.69. The van der Waals surface area contributed by atoms with E-state index >= 15 is 0 Å². The van der Waals surface area contributed by atoms with E-state index in [0.717, 1.165) is 13.0 Å². The molecule has 0 saturated heterocycles. The van der Waals surface area contributed by atoms with E-state index in [1.807, 2.05) is 0 Å². The molecular formula is C15H23N. The molecule has 1 aromatic rings. The molecule has 1 aliphatic carbocycles. The summed E-state index contributed by atoms with van der Waals surface area (Å²) < 4.78 is 0. The van der Waals surface area contributed by atoms with Gasteiger partial charge < -0.3 is 5.73 Å². The van der Waals surface area contributed by atoms with Crippen molar-refractivity contribution in [2.24, 2.45) is 5.73 Å². The fraction of sp³-hybridized carbons (Fsp3) is 0.600. The molecule has 0 aromatic heterocycles. The lowest BCUT2D eigenvalue weighted by Crippen LogP contribution is -2.12. The smallest absolute Gasteiger partial charge is 0.00714 e. The van der Waals surface area contributed by atoms with Crippen LogP contribution in [-0.2, 0) is 11.8 Å². The molecule has 0 heterocycles. The average Bonchev–Trinajstić information content (AvgIpc) is 2.60. The van der Waals surface area contributed by atoms with Gasteiger partial charge in [0.25, 0.3) is 0 Å². The maximum Gasteiger partial charge on any atom is -0.00714 e. The van der Waals surface area contributed by atoms with Gasteiger partial charge >= 0.3 is 0 Å². The number of aryl methyl sites for hydroxylation is 1. The number of hydrogen-bond donors (Lipinski definition) is 1. The second kappa shape index (κ2) is 4.21. The Bertz CT molecular complexity index is 372. The lowest BCUT2D eigenvalue weighted by Gasteiger charge is -2.21. The lowest BCUT2D eigenvalue weighted by molar-refractivity contribution is 0.585. The summed E-state index contributed by atoms with van der Waals surface area (Å²) in [6, 6.07) is 7.04. The maximum absolute atomic E-state index is 5.69. The molecule has 1 unspecified atom stereocenters. The molecule has 1 aliphatic rings. The highest BCUT2D eigenvalue weighted by molar-refractivity contribution is 5.40. The highest BCUT2D eigenvalue weighted by atomic mass is 14.5. The summed E-state index contributed by atoms with van der Waals surface area (Å²) in [6.45, 7) is 7.65. The van der Waals surface area contributed by atoms with Crippen LogP contribution in [0.1, 0.15) is 56.2 Å². The zero-order valence-corrected chi connectivity index (χ0v) is 10.7. The van der Waals surface area contributed by atoms with E-state index in [1.54, 1.807) is 11.1 Å². The summed E-state index contributed by atoms with van der Waals surface area (Å²) in [5, 5.41) is 0. The van der Waals surface area contributed by atoms with Crippen LogP contribution in [0.5, 0.6) is 0 Å². The fourth-order valence-corrected chi connectivity index (χ4v) is 2.66. The van der Waals surface area contributed by atoms with E-state index < -0.39 is 0 Å². The molecule has 0 aliphatic heterocycles. The Morgan fingerprint density at radius 2 is 2.06 bits per heavy atom. The molecule has 1 heteroatoms. The third-order valence-electron chi connectivity index (χ3n) is 3.73. The van der Waals surface area contributed by atoms with Crippen molar-refractivity contribution >= 4 is 0 Å². The number of nitrogens with two attached hydrogens (primary N) is 1. The van der Waals surface area contributed by atoms with Gasteiger partial charge in [-0.05, 0) is 53.8 Å². The zero-order valence-electron chi connectivity index (χ0n) is 10.7. The van der Waals surface area contributed by atoms with Crippen LogP contribution in [0.15, 0.2) is 18.2 Å². The van der Waals surface area contributed by atoms with Crippen molar-refractivity contribution in [3.63, 3.8) is 0 Å². The summed E-state index contributed by atoms with van der Waals surface area (Å²) in [4.78, 5) is 0. The van der Waals surface area contributed by atoms with Crippen LogP contribution in [-0.4, -0.2) is 6.54 Å². The van der Waals surface area contributed by atoms with Crippen LogP contribution in [0.4, 0.5) is 0 Å². The minimum atomic E-state index is 0.255. The number of benzene rings is 1. The van der Waals surface area contributed by atoms with Crippen molar-refractivity contribution in [3.8, 4) is 0 Å². The van der Waals surface area contributed by atoms with Gasteiger partial charge in [-0.3, -0.25) is 0 Å². The van der Waals surface area contributed by atoms with Crippen LogP contribution < -0.4 is 5.73 Å². The summed E-state index contributed by atoms with van der Waals surface area (Å²) >= 11 is 0. The first kappa shape index (κ1) is 11.7. The van der Waals surface area contributed by atoms with E-state index in [4.69, 9.17) is 5.73 Å². The molecular weight excluding hydrogens is 194 g/mol. The van der Waals surface area contributed by atoms with E-state index in [-0.39, 0.29) is 5.41 Å². The van der Waals surface area contributed by atoms with E-state index in [1.165, 1.54) is 18.4 Å². The van der Waals surface area contributed by atoms with Crippen LogP contribution >= 0.6 is 0 Å². The molecule has 0 bridgehead atoms. The second-order valence-corrected chi connectivity index (χ2v) is 5.98. The number of rotatable bonds is 2. The van der Waals surface area contributed by atoms with E-state index in [2.05, 4.69) is 39.0 Å². The third-order valence-corrected chi connectivity index (χ3v) is 3.73.